The van der Waals surface area contributed by atoms with Gasteiger partial charge in [-0.1, -0.05) is 18.2 Å². The fraction of sp³-hybridized carbons (Fsp3) is 0.0435. The number of fused-ring (bicyclic) bond motifs is 3. The Morgan fingerprint density at radius 2 is 1.91 bits per heavy atom. The zero-order valence-corrected chi connectivity index (χ0v) is 16.7. The van der Waals surface area contributed by atoms with Gasteiger partial charge in [0.15, 0.2) is 5.65 Å². The van der Waals surface area contributed by atoms with Crippen molar-refractivity contribution in [1.29, 1.82) is 5.26 Å². The zero-order chi connectivity index (χ0) is 22.6. The highest BCUT2D eigenvalue weighted by Gasteiger charge is 2.18. The van der Waals surface area contributed by atoms with Gasteiger partial charge in [-0.25, -0.2) is 9.67 Å². The quantitative estimate of drug-likeness (QED) is 0.392. The SMILES string of the molecule is Cc1c(C#N)c2nc3ccccc3n2c(=O)c1=Cc1c(O)n(-c2cccc(O)c2)[nH]c1=O. The number of hydrogen-bond acceptors (Lipinski definition) is 6. The van der Waals surface area contributed by atoms with Crippen LogP contribution in [0.25, 0.3) is 28.4 Å². The number of hydrogen-bond donors (Lipinski definition) is 3. The zero-order valence-electron chi connectivity index (χ0n) is 16.7. The molecule has 0 saturated heterocycles. The van der Waals surface area contributed by atoms with E-state index < -0.39 is 17.0 Å². The lowest BCUT2D eigenvalue weighted by molar-refractivity contribution is 0.431. The van der Waals surface area contributed by atoms with Crippen molar-refractivity contribution in [3.05, 3.63) is 91.1 Å². The molecule has 0 aliphatic rings. The number of benzene rings is 2. The minimum Gasteiger partial charge on any atom is -0.508 e. The van der Waals surface area contributed by atoms with Gasteiger partial charge in [0.1, 0.15) is 17.4 Å². The molecule has 0 spiro atoms. The number of aromatic nitrogens is 4. The second-order valence-electron chi connectivity index (χ2n) is 7.27. The molecule has 0 unspecified atom stereocenters. The number of pyridine rings is 1. The van der Waals surface area contributed by atoms with E-state index in [2.05, 4.69) is 16.2 Å². The summed E-state index contributed by atoms with van der Waals surface area (Å²) in [7, 11) is 0. The van der Waals surface area contributed by atoms with E-state index in [9.17, 15) is 25.1 Å². The van der Waals surface area contributed by atoms with Gasteiger partial charge in [0.05, 0.1) is 22.3 Å². The van der Waals surface area contributed by atoms with E-state index in [-0.39, 0.29) is 27.7 Å². The Balaban J connectivity index is 1.86. The molecule has 0 atom stereocenters. The molecule has 0 bridgehead atoms. The third-order valence-electron chi connectivity index (χ3n) is 5.40. The first kappa shape index (κ1) is 19.1. The van der Waals surface area contributed by atoms with Crippen molar-refractivity contribution in [3.63, 3.8) is 0 Å². The number of nitriles is 1. The highest BCUT2D eigenvalue weighted by Crippen LogP contribution is 2.22. The Kier molecular flexibility index (Phi) is 4.10. The third-order valence-corrected chi connectivity index (χ3v) is 5.40. The fourth-order valence-electron chi connectivity index (χ4n) is 3.82. The van der Waals surface area contributed by atoms with Crippen LogP contribution in [0.4, 0.5) is 0 Å². The average Bonchev–Trinajstić information content (AvgIpc) is 3.29. The maximum atomic E-state index is 13.4. The maximum absolute atomic E-state index is 13.4. The van der Waals surface area contributed by atoms with E-state index in [0.29, 0.717) is 22.3 Å². The third kappa shape index (κ3) is 2.67. The highest BCUT2D eigenvalue weighted by atomic mass is 16.3. The molecule has 9 heteroatoms. The van der Waals surface area contributed by atoms with E-state index >= 15 is 0 Å². The highest BCUT2D eigenvalue weighted by molar-refractivity contribution is 5.82. The lowest BCUT2D eigenvalue weighted by Gasteiger charge is -2.05. The van der Waals surface area contributed by atoms with Gasteiger partial charge in [-0.2, -0.15) is 5.26 Å². The van der Waals surface area contributed by atoms with Gasteiger partial charge in [0.25, 0.3) is 11.1 Å². The Morgan fingerprint density at radius 3 is 2.66 bits per heavy atom. The molecule has 9 nitrogen and oxygen atoms in total. The minimum atomic E-state index is -0.640. The van der Waals surface area contributed by atoms with Gasteiger partial charge >= 0.3 is 0 Å². The first-order valence-electron chi connectivity index (χ1n) is 9.59. The molecule has 0 aliphatic carbocycles. The maximum Gasteiger partial charge on any atom is 0.275 e. The summed E-state index contributed by atoms with van der Waals surface area (Å²) in [6.45, 7) is 1.60. The second kappa shape index (κ2) is 6.85. The molecule has 3 heterocycles. The molecule has 3 aromatic heterocycles. The van der Waals surface area contributed by atoms with Crippen LogP contribution >= 0.6 is 0 Å². The second-order valence-corrected chi connectivity index (χ2v) is 7.27. The summed E-state index contributed by atoms with van der Waals surface area (Å²) >= 11 is 0. The van der Waals surface area contributed by atoms with Gasteiger partial charge in [-0.15, -0.1) is 0 Å². The van der Waals surface area contributed by atoms with Crippen molar-refractivity contribution in [2.24, 2.45) is 0 Å². The molecule has 0 aliphatic heterocycles. The number of phenolic OH excluding ortho intramolecular Hbond substituents is 1. The average molecular weight is 425 g/mol. The van der Waals surface area contributed by atoms with Crippen LogP contribution < -0.4 is 16.3 Å². The van der Waals surface area contributed by atoms with Gasteiger partial charge in [-0.3, -0.25) is 19.1 Å². The lowest BCUT2D eigenvalue weighted by atomic mass is 10.1. The van der Waals surface area contributed by atoms with Crippen LogP contribution in [0.3, 0.4) is 0 Å². The molecular formula is C23H15N5O4. The van der Waals surface area contributed by atoms with E-state index in [1.807, 2.05) is 0 Å². The number of nitrogens with one attached hydrogen (secondary N) is 1. The van der Waals surface area contributed by atoms with Crippen molar-refractivity contribution in [2.75, 3.05) is 0 Å². The van der Waals surface area contributed by atoms with Crippen LogP contribution in [0.1, 0.15) is 16.7 Å². The monoisotopic (exact) mass is 425 g/mol. The molecule has 0 amide bonds. The van der Waals surface area contributed by atoms with Crippen LogP contribution in [-0.2, 0) is 0 Å². The number of para-hydroxylation sites is 2. The summed E-state index contributed by atoms with van der Waals surface area (Å²) in [5.74, 6) is -0.482. The first-order valence-corrected chi connectivity index (χ1v) is 9.59. The summed E-state index contributed by atoms with van der Waals surface area (Å²) < 4.78 is 2.44. The Morgan fingerprint density at radius 1 is 1.12 bits per heavy atom. The minimum absolute atomic E-state index is 0.0456. The largest absolute Gasteiger partial charge is 0.508 e. The molecule has 5 aromatic rings. The summed E-state index contributed by atoms with van der Waals surface area (Å²) in [6, 6.07) is 15.1. The summed E-state index contributed by atoms with van der Waals surface area (Å²) in [6.07, 6.45) is 1.26. The van der Waals surface area contributed by atoms with E-state index in [1.54, 1.807) is 43.3 Å². The fourth-order valence-corrected chi connectivity index (χ4v) is 3.82. The van der Waals surface area contributed by atoms with Crippen molar-refractivity contribution in [3.8, 4) is 23.4 Å². The lowest BCUT2D eigenvalue weighted by Crippen LogP contribution is -2.34. The molecule has 0 radical (unpaired) electrons. The summed E-state index contributed by atoms with van der Waals surface area (Å²) in [5.41, 5.74) is 0.965. The van der Waals surface area contributed by atoms with Crippen LogP contribution in [0.2, 0.25) is 0 Å². The topological polar surface area (TPSA) is 136 Å². The molecule has 3 N–H and O–H groups in total. The van der Waals surface area contributed by atoms with Gasteiger partial charge < -0.3 is 10.2 Å². The Hall–Kier alpha value is -4.84. The molecule has 0 fully saturated rings. The van der Waals surface area contributed by atoms with Crippen LogP contribution in [-0.4, -0.2) is 29.4 Å². The predicted octanol–water partition coefficient (Wildman–Crippen LogP) is 1.47. The van der Waals surface area contributed by atoms with Crippen molar-refractivity contribution < 1.29 is 10.2 Å². The van der Waals surface area contributed by atoms with Crippen LogP contribution in [0.15, 0.2) is 58.1 Å². The number of nitrogens with zero attached hydrogens (tertiary/aromatic N) is 4. The van der Waals surface area contributed by atoms with Gasteiger partial charge in [0, 0.05) is 11.3 Å². The number of aromatic amines is 1. The summed E-state index contributed by atoms with van der Waals surface area (Å²) in [4.78, 5) is 30.4. The predicted molar refractivity (Wildman–Crippen MR) is 117 cm³/mol. The number of aromatic hydroxyl groups is 2. The molecule has 5 rings (SSSR count). The molecule has 2 aromatic carbocycles. The van der Waals surface area contributed by atoms with Crippen molar-refractivity contribution >= 4 is 22.8 Å². The first-order chi connectivity index (χ1) is 15.4. The molecule has 156 valence electrons. The van der Waals surface area contributed by atoms with Crippen molar-refractivity contribution in [2.45, 2.75) is 6.92 Å². The summed E-state index contributed by atoms with van der Waals surface area (Å²) in [5, 5.41) is 32.7. The van der Waals surface area contributed by atoms with Gasteiger partial charge in [0.2, 0.25) is 5.88 Å². The van der Waals surface area contributed by atoms with Crippen LogP contribution in [0, 0.1) is 18.3 Å². The Bertz CT molecular complexity index is 1770. The standard InChI is InChI=1S/C23H15N5O4/c1-12-15(10-16-21(30)26-28(23(16)32)13-5-4-6-14(29)9-13)22(31)27-19-8-3-2-7-18(19)25-20(27)17(12)11-24/h2-10,29,32H,1H3,(H,26,30). The smallest absolute Gasteiger partial charge is 0.275 e. The number of rotatable bonds is 2. The van der Waals surface area contributed by atoms with Crippen molar-refractivity contribution in [1.82, 2.24) is 19.2 Å². The molecule has 32 heavy (non-hydrogen) atoms. The molecular weight excluding hydrogens is 410 g/mol. The van der Waals surface area contributed by atoms with E-state index in [0.717, 1.165) is 4.68 Å². The van der Waals surface area contributed by atoms with E-state index in [1.165, 1.54) is 22.6 Å². The normalized spacial score (nSPS) is 11.9. The number of H-pyrrole nitrogens is 1. The number of imidazole rings is 1. The Labute approximate surface area is 179 Å². The van der Waals surface area contributed by atoms with Crippen LogP contribution in [0.5, 0.6) is 11.6 Å². The number of phenols is 1. The molecule has 0 saturated carbocycles. The van der Waals surface area contributed by atoms with E-state index in [4.69, 9.17) is 0 Å². The van der Waals surface area contributed by atoms with Gasteiger partial charge in [-0.05, 0) is 42.8 Å².